The first-order valence-electron chi connectivity index (χ1n) is 6.51. The Morgan fingerprint density at radius 2 is 2.32 bits per heavy atom. The predicted octanol–water partition coefficient (Wildman–Crippen LogP) is 3.04. The van der Waals surface area contributed by atoms with Gasteiger partial charge in [-0.3, -0.25) is 4.79 Å². The van der Waals surface area contributed by atoms with E-state index in [-0.39, 0.29) is 12.5 Å². The van der Waals surface area contributed by atoms with E-state index >= 15 is 0 Å². The molecule has 1 unspecified atom stereocenters. The smallest absolute Gasteiger partial charge is 0.303 e. The van der Waals surface area contributed by atoms with Crippen molar-refractivity contribution in [2.75, 3.05) is 0 Å². The van der Waals surface area contributed by atoms with Gasteiger partial charge in [-0.2, -0.15) is 0 Å². The third kappa shape index (κ3) is 2.77. The number of hydrogen-bond donors (Lipinski definition) is 2. The number of carbonyl (C=O) groups is 1. The molecule has 1 heterocycles. The van der Waals surface area contributed by atoms with E-state index in [1.54, 1.807) is 11.3 Å². The van der Waals surface area contributed by atoms with Crippen LogP contribution in [-0.4, -0.2) is 16.1 Å². The molecule has 1 aromatic heterocycles. The first kappa shape index (κ1) is 12.6. The molecule has 1 atom stereocenters. The summed E-state index contributed by atoms with van der Waals surface area (Å²) in [5.41, 5.74) is 7.99. The van der Waals surface area contributed by atoms with E-state index in [9.17, 15) is 4.79 Å². The van der Waals surface area contributed by atoms with Crippen molar-refractivity contribution in [1.29, 1.82) is 0 Å². The molecule has 5 heteroatoms. The minimum atomic E-state index is -0.804. The van der Waals surface area contributed by atoms with Crippen LogP contribution in [0.5, 0.6) is 0 Å². The van der Waals surface area contributed by atoms with Crippen LogP contribution in [0.4, 0.5) is 0 Å². The zero-order valence-electron chi connectivity index (χ0n) is 10.5. The highest BCUT2D eigenvalue weighted by molar-refractivity contribution is 7.18. The van der Waals surface area contributed by atoms with Crippen molar-refractivity contribution in [1.82, 2.24) is 4.98 Å². The second kappa shape index (κ2) is 4.90. The molecule has 0 amide bonds. The topological polar surface area (TPSA) is 76.2 Å². The van der Waals surface area contributed by atoms with Gasteiger partial charge in [-0.25, -0.2) is 4.98 Å². The zero-order chi connectivity index (χ0) is 13.4. The zero-order valence-corrected chi connectivity index (χ0v) is 11.3. The molecule has 0 radical (unpaired) electrons. The predicted molar refractivity (Wildman–Crippen MR) is 75.4 cm³/mol. The molecule has 0 saturated heterocycles. The van der Waals surface area contributed by atoms with E-state index in [1.165, 1.54) is 22.5 Å². The fraction of sp³-hybridized carbons (Fsp3) is 0.429. The fourth-order valence-electron chi connectivity index (χ4n) is 2.14. The summed E-state index contributed by atoms with van der Waals surface area (Å²) in [6.07, 6.45) is 3.07. The molecule has 1 aliphatic rings. The van der Waals surface area contributed by atoms with Gasteiger partial charge in [0, 0.05) is 18.4 Å². The molecule has 0 spiro atoms. The molecule has 100 valence electrons. The highest BCUT2D eigenvalue weighted by Gasteiger charge is 2.27. The number of thiazole rings is 1. The Labute approximate surface area is 115 Å². The molecule has 4 nitrogen and oxygen atoms in total. The lowest BCUT2D eigenvalue weighted by molar-refractivity contribution is -0.137. The summed E-state index contributed by atoms with van der Waals surface area (Å²) in [6, 6.07) is 5.81. The van der Waals surface area contributed by atoms with Crippen LogP contribution in [0.2, 0.25) is 0 Å². The number of carboxylic acid groups (broad SMARTS) is 1. The normalized spacial score (nSPS) is 16.7. The maximum Gasteiger partial charge on any atom is 0.303 e. The number of nitrogens with zero attached hydrogens (tertiary/aromatic N) is 1. The van der Waals surface area contributed by atoms with Crippen molar-refractivity contribution in [2.24, 2.45) is 5.73 Å². The van der Waals surface area contributed by atoms with Crippen LogP contribution < -0.4 is 5.73 Å². The minimum absolute atomic E-state index is 0.101. The Hall–Kier alpha value is -1.46. The van der Waals surface area contributed by atoms with Gasteiger partial charge in [-0.1, -0.05) is 6.07 Å². The quantitative estimate of drug-likeness (QED) is 0.880. The number of nitrogens with two attached hydrogens (primary N) is 1. The van der Waals surface area contributed by atoms with E-state index in [1.807, 2.05) is 12.1 Å². The number of benzene rings is 1. The van der Waals surface area contributed by atoms with E-state index in [2.05, 4.69) is 11.1 Å². The summed E-state index contributed by atoms with van der Waals surface area (Å²) in [5, 5.41) is 9.91. The van der Waals surface area contributed by atoms with Gasteiger partial charge in [0.1, 0.15) is 0 Å². The lowest BCUT2D eigenvalue weighted by atomic mass is 10.0. The molecule has 0 aliphatic heterocycles. The number of fused-ring (bicyclic) bond motifs is 1. The third-order valence-electron chi connectivity index (χ3n) is 3.45. The number of carboxylic acids is 1. The van der Waals surface area contributed by atoms with Gasteiger partial charge in [0.15, 0.2) is 0 Å². The molecular formula is C14H16N2O2S. The minimum Gasteiger partial charge on any atom is -0.481 e. The van der Waals surface area contributed by atoms with Crippen molar-refractivity contribution in [3.05, 3.63) is 28.8 Å². The molecule has 19 heavy (non-hydrogen) atoms. The van der Waals surface area contributed by atoms with Gasteiger partial charge in [0.25, 0.3) is 0 Å². The summed E-state index contributed by atoms with van der Waals surface area (Å²) in [6.45, 7) is 0. The van der Waals surface area contributed by atoms with Crippen LogP contribution in [-0.2, 0) is 4.79 Å². The molecule has 3 N–H and O–H groups in total. The van der Waals surface area contributed by atoms with E-state index in [4.69, 9.17) is 10.8 Å². The molecule has 2 aromatic rings. The van der Waals surface area contributed by atoms with Gasteiger partial charge in [0.2, 0.25) is 0 Å². The van der Waals surface area contributed by atoms with Crippen LogP contribution in [0, 0.1) is 0 Å². The standard InChI is InChI=1S/C14H16N2O2S/c15-10(4-6-13(17)18)9-3-5-12-11(7-9)16-14(19-12)8-1-2-8/h3,5,7-8,10H,1-2,4,6,15H2,(H,17,18). The average Bonchev–Trinajstić information content (AvgIpc) is 3.15. The van der Waals surface area contributed by atoms with Gasteiger partial charge in [0.05, 0.1) is 15.2 Å². The van der Waals surface area contributed by atoms with Crippen molar-refractivity contribution >= 4 is 27.5 Å². The lowest BCUT2D eigenvalue weighted by Crippen LogP contribution is -2.12. The Morgan fingerprint density at radius 1 is 1.53 bits per heavy atom. The maximum absolute atomic E-state index is 10.6. The lowest BCUT2D eigenvalue weighted by Gasteiger charge is -2.10. The van der Waals surface area contributed by atoms with Crippen LogP contribution >= 0.6 is 11.3 Å². The van der Waals surface area contributed by atoms with Crippen molar-refractivity contribution < 1.29 is 9.90 Å². The van der Waals surface area contributed by atoms with Crippen molar-refractivity contribution in [3.8, 4) is 0 Å². The molecule has 1 fully saturated rings. The van der Waals surface area contributed by atoms with Crippen molar-refractivity contribution in [3.63, 3.8) is 0 Å². The molecule has 3 rings (SSSR count). The maximum atomic E-state index is 10.6. The number of hydrogen-bond acceptors (Lipinski definition) is 4. The number of aromatic nitrogens is 1. The monoisotopic (exact) mass is 276 g/mol. The van der Waals surface area contributed by atoms with Crippen LogP contribution in [0.25, 0.3) is 10.2 Å². The summed E-state index contributed by atoms with van der Waals surface area (Å²) in [5.74, 6) is -0.136. The van der Waals surface area contributed by atoms with Gasteiger partial charge >= 0.3 is 5.97 Å². The van der Waals surface area contributed by atoms with E-state index in [0.717, 1.165) is 11.1 Å². The third-order valence-corrected chi connectivity index (χ3v) is 4.65. The second-order valence-corrected chi connectivity index (χ2v) is 6.15. The average molecular weight is 276 g/mol. The van der Waals surface area contributed by atoms with Crippen LogP contribution in [0.1, 0.15) is 48.2 Å². The molecular weight excluding hydrogens is 260 g/mol. The largest absolute Gasteiger partial charge is 0.481 e. The fourth-order valence-corrected chi connectivity index (χ4v) is 3.26. The highest BCUT2D eigenvalue weighted by atomic mass is 32.1. The first-order chi connectivity index (χ1) is 9.13. The second-order valence-electron chi connectivity index (χ2n) is 5.09. The van der Waals surface area contributed by atoms with E-state index in [0.29, 0.717) is 12.3 Å². The van der Waals surface area contributed by atoms with Crippen LogP contribution in [0.15, 0.2) is 18.2 Å². The van der Waals surface area contributed by atoms with Crippen LogP contribution in [0.3, 0.4) is 0 Å². The summed E-state index contributed by atoms with van der Waals surface area (Å²) >= 11 is 1.76. The van der Waals surface area contributed by atoms with E-state index < -0.39 is 5.97 Å². The first-order valence-corrected chi connectivity index (χ1v) is 7.33. The van der Waals surface area contributed by atoms with Gasteiger partial charge < -0.3 is 10.8 Å². The molecule has 0 bridgehead atoms. The Kier molecular flexibility index (Phi) is 3.24. The summed E-state index contributed by atoms with van der Waals surface area (Å²) in [4.78, 5) is 15.2. The molecule has 1 aliphatic carbocycles. The Balaban J connectivity index is 1.81. The summed E-state index contributed by atoms with van der Waals surface area (Å²) in [7, 11) is 0. The molecule has 1 aromatic carbocycles. The number of aliphatic carboxylic acids is 1. The van der Waals surface area contributed by atoms with Crippen molar-refractivity contribution in [2.45, 2.75) is 37.6 Å². The number of rotatable bonds is 5. The SMILES string of the molecule is NC(CCC(=O)O)c1ccc2sc(C3CC3)nc2c1. The Morgan fingerprint density at radius 3 is 3.00 bits per heavy atom. The van der Waals surface area contributed by atoms with Gasteiger partial charge in [-0.15, -0.1) is 11.3 Å². The molecule has 1 saturated carbocycles. The summed E-state index contributed by atoms with van der Waals surface area (Å²) < 4.78 is 1.19. The highest BCUT2D eigenvalue weighted by Crippen LogP contribution is 2.43. The Bertz CT molecular complexity index is 619. The van der Waals surface area contributed by atoms with Gasteiger partial charge in [-0.05, 0) is 37.0 Å².